The van der Waals surface area contributed by atoms with E-state index in [1.807, 2.05) is 44.4 Å². The van der Waals surface area contributed by atoms with Crippen molar-refractivity contribution in [3.05, 3.63) is 88.0 Å². The molecular weight excluding hydrogens is 882 g/mol. The van der Waals surface area contributed by atoms with Gasteiger partial charge in [0.1, 0.15) is 22.7 Å². The third-order valence-corrected chi connectivity index (χ3v) is 9.98. The number of anilines is 2. The molecule has 67 heavy (non-hydrogen) atoms. The van der Waals surface area contributed by atoms with Crippen LogP contribution >= 0.6 is 0 Å². The smallest absolute Gasteiger partial charge is 0.490 e. The van der Waals surface area contributed by atoms with Gasteiger partial charge in [-0.25, -0.2) is 14.8 Å². The average molecular weight is 935 g/mol. The van der Waals surface area contributed by atoms with Crippen molar-refractivity contribution >= 4 is 63.6 Å². The van der Waals surface area contributed by atoms with Crippen LogP contribution in [0, 0.1) is 19.8 Å². The molecule has 6 rings (SSSR count). The van der Waals surface area contributed by atoms with E-state index in [4.69, 9.17) is 40.8 Å². The number of benzene rings is 2. The lowest BCUT2D eigenvalue weighted by atomic mass is 9.99. The number of nitrogens with two attached hydrogens (primary N) is 2. The lowest BCUT2D eigenvalue weighted by molar-refractivity contribution is -0.192. The first-order valence-corrected chi connectivity index (χ1v) is 21.1. The first-order chi connectivity index (χ1) is 31.7. The number of halogens is 3. The number of imidazole rings is 2. The number of hydrogen-bond donors (Lipinski definition) is 5. The Hall–Kier alpha value is -7.56. The Kier molecular flexibility index (Phi) is 16.3. The van der Waals surface area contributed by atoms with E-state index in [2.05, 4.69) is 34.7 Å². The summed E-state index contributed by atoms with van der Waals surface area (Å²) >= 11 is 0. The largest absolute Gasteiger partial charge is 0.491 e. The molecule has 0 aliphatic heterocycles. The molecule has 23 heteroatoms. The fraction of sp³-hybridized carbons (Fsp3) is 0.386. The maximum Gasteiger partial charge on any atom is 0.490 e. The van der Waals surface area contributed by atoms with Crippen molar-refractivity contribution in [1.29, 1.82) is 0 Å². The van der Waals surface area contributed by atoms with E-state index in [9.17, 15) is 32.3 Å². The fourth-order valence-corrected chi connectivity index (χ4v) is 7.14. The van der Waals surface area contributed by atoms with Crippen LogP contribution in [0.15, 0.2) is 48.6 Å². The molecule has 358 valence electrons. The molecule has 0 atom stereocenters. The third kappa shape index (κ3) is 12.2. The van der Waals surface area contributed by atoms with Crippen molar-refractivity contribution in [2.75, 3.05) is 31.0 Å². The number of rotatable bonds is 19. The van der Waals surface area contributed by atoms with Crippen LogP contribution in [0.4, 0.5) is 25.1 Å². The zero-order chi connectivity index (χ0) is 49.3. The van der Waals surface area contributed by atoms with E-state index < -0.39 is 35.8 Å². The number of aromatic nitrogens is 8. The second kappa shape index (κ2) is 21.6. The maximum atomic E-state index is 13.8. The number of allylic oxidation sites excluding steroid dienone is 2. The standard InChI is InChI=1S/C42H52N12O6.C2HF3O2/c1-8-53-32(18-25(5)49-53)39(57)47-41-45-30-21-28(37(43)55)20-27(17-24(3)4)35(30)51(41)13-10-11-14-52-36-31(22-29(38(44)56)23-34(36)60-16-12-15-59-7)46-42(52)48-40(58)33-19-26(6)50-54(33)9-2;3-2(4,5)1(6)7/h10-11,18-24H,8-9,12-17H2,1-7H3,(H2,43,55)(H2,44,56)(H,45,47,57)(H,46,48,58);(H,6,7)/b11-10+;. The summed E-state index contributed by atoms with van der Waals surface area (Å²) in [5, 5.41) is 21.9. The molecular formula is C44H53F3N12O8. The Balaban J connectivity index is 0.00000111. The number of primary amides is 2. The van der Waals surface area contributed by atoms with Gasteiger partial charge in [0.25, 0.3) is 11.8 Å². The number of aryl methyl sites for hydroxylation is 4. The molecule has 4 heterocycles. The summed E-state index contributed by atoms with van der Waals surface area (Å²) in [6.07, 6.45) is -0.0964. The monoisotopic (exact) mass is 934 g/mol. The normalized spacial score (nSPS) is 11.6. The summed E-state index contributed by atoms with van der Waals surface area (Å²) in [5.41, 5.74) is 17.1. The Morgan fingerprint density at radius 3 is 1.66 bits per heavy atom. The van der Waals surface area contributed by atoms with E-state index in [1.165, 1.54) is 0 Å². The van der Waals surface area contributed by atoms with E-state index in [1.54, 1.807) is 57.4 Å². The van der Waals surface area contributed by atoms with Crippen LogP contribution in [0.3, 0.4) is 0 Å². The van der Waals surface area contributed by atoms with Gasteiger partial charge in [-0.15, -0.1) is 0 Å². The molecule has 4 aromatic heterocycles. The molecule has 0 aliphatic carbocycles. The van der Waals surface area contributed by atoms with Crippen molar-refractivity contribution in [3.63, 3.8) is 0 Å². The second-order valence-corrected chi connectivity index (χ2v) is 15.6. The van der Waals surface area contributed by atoms with E-state index >= 15 is 0 Å². The summed E-state index contributed by atoms with van der Waals surface area (Å²) in [5.74, 6) is -3.78. The highest BCUT2D eigenvalue weighted by Crippen LogP contribution is 2.32. The zero-order valence-electron chi connectivity index (χ0n) is 38.0. The molecule has 0 spiro atoms. The molecule has 0 fully saturated rings. The maximum absolute atomic E-state index is 13.8. The Morgan fingerprint density at radius 2 is 1.22 bits per heavy atom. The van der Waals surface area contributed by atoms with Gasteiger partial charge in [-0.1, -0.05) is 26.0 Å². The Labute approximate surface area is 382 Å². The lowest BCUT2D eigenvalue weighted by Gasteiger charge is -2.14. The number of nitrogens with one attached hydrogen (secondary N) is 2. The Bertz CT molecular complexity index is 2840. The van der Waals surface area contributed by atoms with Gasteiger partial charge in [0.2, 0.25) is 23.7 Å². The lowest BCUT2D eigenvalue weighted by Crippen LogP contribution is -2.21. The predicted octanol–water partition coefficient (Wildman–Crippen LogP) is 5.64. The summed E-state index contributed by atoms with van der Waals surface area (Å²) in [7, 11) is 1.60. The first kappa shape index (κ1) is 50.4. The van der Waals surface area contributed by atoms with Gasteiger partial charge >= 0.3 is 12.1 Å². The minimum Gasteiger partial charge on any atom is -0.491 e. The highest BCUT2D eigenvalue weighted by atomic mass is 19.4. The van der Waals surface area contributed by atoms with Crippen LogP contribution in [0.25, 0.3) is 22.1 Å². The number of methoxy groups -OCH3 is 1. The molecule has 0 saturated heterocycles. The van der Waals surface area contributed by atoms with Crippen LogP contribution < -0.4 is 26.8 Å². The van der Waals surface area contributed by atoms with Gasteiger partial charge in [0.15, 0.2) is 0 Å². The van der Waals surface area contributed by atoms with Gasteiger partial charge in [0.05, 0.1) is 34.5 Å². The van der Waals surface area contributed by atoms with Crippen LogP contribution in [-0.2, 0) is 42.1 Å². The number of alkyl halides is 3. The molecule has 20 nitrogen and oxygen atoms in total. The number of nitrogens with zero attached hydrogens (tertiary/aromatic N) is 8. The van der Waals surface area contributed by atoms with Gasteiger partial charge in [-0.2, -0.15) is 23.4 Å². The zero-order valence-corrected chi connectivity index (χ0v) is 38.0. The third-order valence-electron chi connectivity index (χ3n) is 9.98. The highest BCUT2D eigenvalue weighted by molar-refractivity contribution is 6.05. The van der Waals surface area contributed by atoms with Crippen molar-refractivity contribution in [3.8, 4) is 5.75 Å². The van der Waals surface area contributed by atoms with Gasteiger partial charge in [0, 0.05) is 57.4 Å². The van der Waals surface area contributed by atoms with E-state index in [-0.39, 0.29) is 43.1 Å². The summed E-state index contributed by atoms with van der Waals surface area (Å²) in [6, 6.07) is 9.95. The number of ether oxygens (including phenoxy) is 2. The Morgan fingerprint density at radius 1 is 0.761 bits per heavy atom. The van der Waals surface area contributed by atoms with E-state index in [0.29, 0.717) is 83.2 Å². The number of carboxylic acid groups (broad SMARTS) is 1. The second-order valence-electron chi connectivity index (χ2n) is 15.6. The van der Waals surface area contributed by atoms with Crippen LogP contribution in [0.2, 0.25) is 0 Å². The minimum absolute atomic E-state index is 0.191. The number of carbonyl (C=O) groups excluding carboxylic acids is 4. The molecule has 0 unspecified atom stereocenters. The van der Waals surface area contributed by atoms with Crippen molar-refractivity contribution < 1.29 is 51.7 Å². The SMILES string of the molecule is CCn1nc(C)cc1C(=O)Nc1nc2cc(C(N)=O)cc(CC(C)C)c2n1C/C=C/Cn1c(NC(=O)c2cc(C)nn2CC)nc2cc(C(N)=O)cc(OCCCOC)c21.O=C(O)C(F)(F)F. The van der Waals surface area contributed by atoms with E-state index in [0.717, 1.165) is 11.1 Å². The quantitative estimate of drug-likeness (QED) is 0.0488. The number of carbonyl (C=O) groups is 5. The number of amides is 4. The van der Waals surface area contributed by atoms with Crippen LogP contribution in [0.1, 0.15) is 92.8 Å². The average Bonchev–Trinajstić information content (AvgIpc) is 4.02. The molecule has 4 amide bonds. The molecule has 7 N–H and O–H groups in total. The number of fused-ring (bicyclic) bond motifs is 2. The number of carboxylic acids is 1. The van der Waals surface area contributed by atoms with Gasteiger partial charge in [-0.3, -0.25) is 39.2 Å². The molecule has 2 aromatic carbocycles. The summed E-state index contributed by atoms with van der Waals surface area (Å²) in [4.78, 5) is 70.8. The number of hydrogen-bond acceptors (Lipinski definition) is 11. The summed E-state index contributed by atoms with van der Waals surface area (Å²) < 4.78 is 50.0. The number of aliphatic carboxylic acids is 1. The highest BCUT2D eigenvalue weighted by Gasteiger charge is 2.38. The van der Waals surface area contributed by atoms with Crippen LogP contribution in [0.5, 0.6) is 5.75 Å². The molecule has 0 radical (unpaired) electrons. The van der Waals surface area contributed by atoms with Gasteiger partial charge in [-0.05, 0) is 82.0 Å². The first-order valence-electron chi connectivity index (χ1n) is 21.1. The van der Waals surface area contributed by atoms with Crippen LogP contribution in [-0.4, -0.2) is 99.9 Å². The van der Waals surface area contributed by atoms with Gasteiger partial charge < -0.3 is 35.2 Å². The minimum atomic E-state index is -5.08. The fourth-order valence-electron chi connectivity index (χ4n) is 7.14. The summed E-state index contributed by atoms with van der Waals surface area (Å²) in [6.45, 7) is 13.7. The molecule has 0 aliphatic rings. The van der Waals surface area contributed by atoms with Crippen molar-refractivity contribution in [1.82, 2.24) is 38.7 Å². The molecule has 0 saturated carbocycles. The van der Waals surface area contributed by atoms with Crippen molar-refractivity contribution in [2.24, 2.45) is 17.4 Å². The van der Waals surface area contributed by atoms with Crippen molar-refractivity contribution in [2.45, 2.75) is 86.7 Å². The molecule has 6 aromatic rings. The molecule has 0 bridgehead atoms. The topological polar surface area (TPSA) is 271 Å². The predicted molar refractivity (Wildman–Crippen MR) is 241 cm³/mol.